The summed E-state index contributed by atoms with van der Waals surface area (Å²) < 4.78 is 43.8. The van der Waals surface area contributed by atoms with Crippen molar-refractivity contribution in [3.63, 3.8) is 0 Å². The van der Waals surface area contributed by atoms with Gasteiger partial charge in [0.2, 0.25) is 5.91 Å². The number of likely N-dealkylation sites (tertiary alicyclic amines) is 1. The molecule has 0 bridgehead atoms. The zero-order valence-electron chi connectivity index (χ0n) is 17.2. The van der Waals surface area contributed by atoms with E-state index >= 15 is 0 Å². The fourth-order valence-electron chi connectivity index (χ4n) is 3.88. The van der Waals surface area contributed by atoms with Gasteiger partial charge in [-0.2, -0.15) is 13.2 Å². The molecule has 3 rings (SSSR count). The predicted octanol–water partition coefficient (Wildman–Crippen LogP) is 4.88. The number of furan rings is 1. The first kappa shape index (κ1) is 22.7. The van der Waals surface area contributed by atoms with Crippen LogP contribution in [0.4, 0.5) is 23.7 Å². The number of urea groups is 1. The molecule has 6 nitrogen and oxygen atoms in total. The topological polar surface area (TPSA) is 74.6 Å². The third kappa shape index (κ3) is 6.26. The van der Waals surface area contributed by atoms with Crippen molar-refractivity contribution >= 4 is 17.6 Å². The van der Waals surface area contributed by atoms with Crippen LogP contribution in [0.25, 0.3) is 0 Å². The number of hydrogen-bond acceptors (Lipinski definition) is 3. The Kier molecular flexibility index (Phi) is 7.25. The van der Waals surface area contributed by atoms with Gasteiger partial charge in [0.25, 0.3) is 0 Å². The van der Waals surface area contributed by atoms with E-state index in [4.69, 9.17) is 4.42 Å². The van der Waals surface area contributed by atoms with Crippen molar-refractivity contribution in [1.29, 1.82) is 0 Å². The molecule has 0 aliphatic carbocycles. The maximum atomic E-state index is 12.9. The molecule has 1 fully saturated rings. The number of alkyl halides is 3. The van der Waals surface area contributed by atoms with Gasteiger partial charge in [0.05, 0.1) is 18.4 Å². The van der Waals surface area contributed by atoms with Crippen molar-refractivity contribution in [2.75, 3.05) is 18.4 Å². The first-order valence-electron chi connectivity index (χ1n) is 10.3. The van der Waals surface area contributed by atoms with Crippen LogP contribution in [0.2, 0.25) is 0 Å². The van der Waals surface area contributed by atoms with E-state index in [9.17, 15) is 22.8 Å². The molecule has 1 aromatic carbocycles. The van der Waals surface area contributed by atoms with Gasteiger partial charge in [-0.3, -0.25) is 4.79 Å². The first-order valence-corrected chi connectivity index (χ1v) is 10.3. The Hall–Kier alpha value is -2.97. The lowest BCUT2D eigenvalue weighted by molar-refractivity contribution is -0.137. The Balaban J connectivity index is 1.52. The minimum absolute atomic E-state index is 0.0679. The number of nitrogens with one attached hydrogen (secondary N) is 2. The first-order chi connectivity index (χ1) is 14.8. The number of carbonyl (C=O) groups is 2. The van der Waals surface area contributed by atoms with Gasteiger partial charge in [0.15, 0.2) is 0 Å². The number of nitrogens with zero attached hydrogens (tertiary/aromatic N) is 1. The summed E-state index contributed by atoms with van der Waals surface area (Å²) >= 11 is 0. The summed E-state index contributed by atoms with van der Waals surface area (Å²) in [6.45, 7) is 3.24. The molecule has 1 aliphatic rings. The minimum Gasteiger partial charge on any atom is -0.467 e. The highest BCUT2D eigenvalue weighted by Crippen LogP contribution is 2.32. The molecular formula is C22H26F3N3O3. The highest BCUT2D eigenvalue weighted by atomic mass is 19.4. The van der Waals surface area contributed by atoms with Gasteiger partial charge in [-0.1, -0.05) is 19.4 Å². The van der Waals surface area contributed by atoms with Crippen molar-refractivity contribution in [2.45, 2.75) is 38.9 Å². The van der Waals surface area contributed by atoms with Crippen molar-refractivity contribution < 1.29 is 27.2 Å². The van der Waals surface area contributed by atoms with Gasteiger partial charge >= 0.3 is 12.2 Å². The summed E-state index contributed by atoms with van der Waals surface area (Å²) in [5, 5.41) is 5.40. The number of benzene rings is 1. The third-order valence-electron chi connectivity index (χ3n) is 5.63. The zero-order valence-corrected chi connectivity index (χ0v) is 17.2. The maximum absolute atomic E-state index is 12.9. The Labute approximate surface area is 178 Å². The van der Waals surface area contributed by atoms with E-state index in [-0.39, 0.29) is 23.4 Å². The van der Waals surface area contributed by atoms with Crippen LogP contribution in [0.1, 0.15) is 37.5 Å². The van der Waals surface area contributed by atoms with Crippen molar-refractivity contribution in [1.82, 2.24) is 10.2 Å². The van der Waals surface area contributed by atoms with Gasteiger partial charge < -0.3 is 20.0 Å². The summed E-state index contributed by atoms with van der Waals surface area (Å²) in [6.07, 6.45) is -1.10. The zero-order chi connectivity index (χ0) is 22.4. The molecule has 1 aromatic heterocycles. The predicted molar refractivity (Wildman–Crippen MR) is 109 cm³/mol. The molecular weight excluding hydrogens is 411 g/mol. The second kappa shape index (κ2) is 9.89. The maximum Gasteiger partial charge on any atom is 0.416 e. The lowest BCUT2D eigenvalue weighted by Gasteiger charge is -2.38. The summed E-state index contributed by atoms with van der Waals surface area (Å²) in [7, 11) is 0. The Morgan fingerprint density at radius 2 is 2.00 bits per heavy atom. The molecule has 2 heterocycles. The van der Waals surface area contributed by atoms with Crippen molar-refractivity contribution in [3.05, 3.63) is 54.0 Å². The average molecular weight is 437 g/mol. The molecule has 0 spiro atoms. The number of halogens is 3. The van der Waals surface area contributed by atoms with E-state index in [1.54, 1.807) is 23.3 Å². The SMILES string of the molecule is CC[C@H]1CN(C(=O)Nc2cccc(C(F)(F)F)c2)CC[C@H]1CC(=O)NCc1ccco1. The van der Waals surface area contributed by atoms with Crippen LogP contribution in [0.3, 0.4) is 0 Å². The van der Waals surface area contributed by atoms with E-state index < -0.39 is 17.8 Å². The lowest BCUT2D eigenvalue weighted by Crippen LogP contribution is -2.46. The number of piperidine rings is 1. The lowest BCUT2D eigenvalue weighted by atomic mass is 9.81. The van der Waals surface area contributed by atoms with E-state index in [0.717, 1.165) is 18.6 Å². The average Bonchev–Trinajstić information content (AvgIpc) is 3.26. The van der Waals surface area contributed by atoms with Gasteiger partial charge in [-0.05, 0) is 48.6 Å². The molecule has 1 aliphatic heterocycles. The second-order valence-corrected chi connectivity index (χ2v) is 7.73. The minimum atomic E-state index is -4.47. The summed E-state index contributed by atoms with van der Waals surface area (Å²) in [5.74, 6) is 0.887. The molecule has 0 radical (unpaired) electrons. The molecule has 9 heteroatoms. The van der Waals surface area contributed by atoms with Gasteiger partial charge in [0, 0.05) is 25.2 Å². The largest absolute Gasteiger partial charge is 0.467 e. The number of rotatable bonds is 6. The molecule has 0 unspecified atom stereocenters. The summed E-state index contributed by atoms with van der Waals surface area (Å²) in [4.78, 5) is 26.5. The molecule has 3 amide bonds. The highest BCUT2D eigenvalue weighted by Gasteiger charge is 2.33. The number of hydrogen-bond donors (Lipinski definition) is 2. The number of anilines is 1. The summed E-state index contributed by atoms with van der Waals surface area (Å²) in [5.41, 5.74) is -0.705. The third-order valence-corrected chi connectivity index (χ3v) is 5.63. The number of amides is 3. The van der Waals surface area contributed by atoms with Crippen molar-refractivity contribution in [3.8, 4) is 0 Å². The fourth-order valence-corrected chi connectivity index (χ4v) is 3.88. The van der Waals surface area contributed by atoms with Crippen molar-refractivity contribution in [2.24, 2.45) is 11.8 Å². The van der Waals surface area contributed by atoms with E-state index in [1.165, 1.54) is 12.1 Å². The van der Waals surface area contributed by atoms with Crippen LogP contribution in [0.15, 0.2) is 47.1 Å². The molecule has 31 heavy (non-hydrogen) atoms. The Morgan fingerprint density at radius 3 is 2.68 bits per heavy atom. The molecule has 0 saturated carbocycles. The monoisotopic (exact) mass is 437 g/mol. The van der Waals surface area contributed by atoms with Crippen LogP contribution in [-0.2, 0) is 17.5 Å². The van der Waals surface area contributed by atoms with Gasteiger partial charge in [-0.15, -0.1) is 0 Å². The van der Waals surface area contributed by atoms with E-state index in [0.29, 0.717) is 38.2 Å². The quantitative estimate of drug-likeness (QED) is 0.676. The fraction of sp³-hybridized carbons (Fsp3) is 0.455. The highest BCUT2D eigenvalue weighted by molar-refractivity contribution is 5.89. The van der Waals surface area contributed by atoms with Gasteiger partial charge in [0.1, 0.15) is 5.76 Å². The van der Waals surface area contributed by atoms with Crippen LogP contribution >= 0.6 is 0 Å². The van der Waals surface area contributed by atoms with Crippen LogP contribution in [0, 0.1) is 11.8 Å². The Morgan fingerprint density at radius 1 is 1.19 bits per heavy atom. The van der Waals surface area contributed by atoms with E-state index in [1.807, 2.05) is 6.92 Å². The van der Waals surface area contributed by atoms with Crippen LogP contribution in [0.5, 0.6) is 0 Å². The molecule has 168 valence electrons. The molecule has 2 atom stereocenters. The molecule has 1 saturated heterocycles. The summed E-state index contributed by atoms with van der Waals surface area (Å²) in [6, 6.07) is 7.70. The van der Waals surface area contributed by atoms with Gasteiger partial charge in [-0.25, -0.2) is 4.79 Å². The standard InChI is InChI=1S/C22H26F3N3O3/c1-2-15-14-28(21(30)27-18-6-3-5-17(12-18)22(23,24)25)9-8-16(15)11-20(29)26-13-19-7-4-10-31-19/h3-7,10,12,15-16H,2,8-9,11,13-14H2,1H3,(H,26,29)(H,27,30)/t15-,16-/m0/s1. The normalized spacial score (nSPS) is 19.2. The molecule has 2 aromatic rings. The number of carbonyl (C=O) groups excluding carboxylic acids is 2. The van der Waals surface area contributed by atoms with E-state index in [2.05, 4.69) is 10.6 Å². The Bertz CT molecular complexity index is 884. The van der Waals surface area contributed by atoms with Crippen LogP contribution in [-0.4, -0.2) is 29.9 Å². The van der Waals surface area contributed by atoms with Crippen LogP contribution < -0.4 is 10.6 Å². The second-order valence-electron chi connectivity index (χ2n) is 7.73. The molecule has 2 N–H and O–H groups in total. The smallest absolute Gasteiger partial charge is 0.416 e.